The fourth-order valence-electron chi connectivity index (χ4n) is 3.00. The monoisotopic (exact) mass is 373 g/mol. The first-order valence-corrected chi connectivity index (χ1v) is 8.64. The number of hydrogen-bond donors (Lipinski definition) is 1. The van der Waals surface area contributed by atoms with E-state index in [0.29, 0.717) is 19.8 Å². The lowest BCUT2D eigenvalue weighted by Crippen LogP contribution is -2.43. The number of nitrogens with one attached hydrogen (secondary N) is 1. The van der Waals surface area contributed by atoms with Crippen LogP contribution in [-0.2, 0) is 4.74 Å². The predicted octanol–water partition coefficient (Wildman–Crippen LogP) is 2.54. The molecule has 27 heavy (non-hydrogen) atoms. The zero-order valence-corrected chi connectivity index (χ0v) is 14.6. The Morgan fingerprint density at radius 2 is 1.93 bits per heavy atom. The summed E-state index contributed by atoms with van der Waals surface area (Å²) >= 11 is 0. The molecule has 0 unspecified atom stereocenters. The van der Waals surface area contributed by atoms with Crippen LogP contribution in [-0.4, -0.2) is 48.6 Å². The van der Waals surface area contributed by atoms with Gasteiger partial charge in [-0.3, -0.25) is 19.8 Å². The van der Waals surface area contributed by atoms with Gasteiger partial charge in [-0.1, -0.05) is 30.3 Å². The number of nitrogens with zero attached hydrogens (tertiary/aromatic N) is 2. The van der Waals surface area contributed by atoms with Crippen LogP contribution >= 0.6 is 0 Å². The van der Waals surface area contributed by atoms with Gasteiger partial charge >= 0.3 is 5.69 Å². The smallest absolute Gasteiger partial charge is 0.305 e. The van der Waals surface area contributed by atoms with Crippen molar-refractivity contribution in [2.45, 2.75) is 6.04 Å². The first-order valence-electron chi connectivity index (χ1n) is 8.64. The van der Waals surface area contributed by atoms with E-state index in [2.05, 4.69) is 10.2 Å². The Bertz CT molecular complexity index is 810. The normalized spacial score (nSPS) is 15.9. The second-order valence-corrected chi connectivity index (χ2v) is 6.27. The minimum absolute atomic E-state index is 0.0472. The summed E-state index contributed by atoms with van der Waals surface area (Å²) in [6.07, 6.45) is 0. The molecule has 1 saturated heterocycles. The van der Waals surface area contributed by atoms with E-state index in [1.807, 2.05) is 30.3 Å². The summed E-state index contributed by atoms with van der Waals surface area (Å²) in [4.78, 5) is 24.9. The summed E-state index contributed by atoms with van der Waals surface area (Å²) in [7, 11) is 0. The maximum Gasteiger partial charge on any atom is 0.305 e. The third kappa shape index (κ3) is 4.87. The van der Waals surface area contributed by atoms with E-state index in [9.17, 15) is 19.3 Å². The van der Waals surface area contributed by atoms with Crippen molar-refractivity contribution in [2.75, 3.05) is 32.8 Å². The van der Waals surface area contributed by atoms with Gasteiger partial charge in [-0.05, 0) is 17.7 Å². The Kier molecular flexibility index (Phi) is 6.10. The maximum atomic E-state index is 13.5. The number of amides is 1. The average molecular weight is 373 g/mol. The van der Waals surface area contributed by atoms with Crippen LogP contribution in [0.1, 0.15) is 22.0 Å². The Morgan fingerprint density at radius 3 is 2.59 bits per heavy atom. The minimum Gasteiger partial charge on any atom is -0.379 e. The third-order valence-corrected chi connectivity index (χ3v) is 4.46. The van der Waals surface area contributed by atoms with Gasteiger partial charge in [0.2, 0.25) is 5.82 Å². The van der Waals surface area contributed by atoms with Gasteiger partial charge in [-0.2, -0.15) is 4.39 Å². The number of halogens is 1. The lowest BCUT2D eigenvalue weighted by atomic mass is 10.0. The quantitative estimate of drug-likeness (QED) is 0.621. The van der Waals surface area contributed by atoms with E-state index in [1.54, 1.807) is 0 Å². The Morgan fingerprint density at radius 1 is 1.22 bits per heavy atom. The van der Waals surface area contributed by atoms with Crippen molar-refractivity contribution in [1.82, 2.24) is 10.2 Å². The van der Waals surface area contributed by atoms with Crippen molar-refractivity contribution in [3.05, 3.63) is 75.6 Å². The molecular formula is C19H20FN3O4. The lowest BCUT2D eigenvalue weighted by Gasteiger charge is -2.31. The number of nitro groups is 1. The molecule has 0 saturated carbocycles. The molecule has 7 nitrogen and oxygen atoms in total. The van der Waals surface area contributed by atoms with Gasteiger partial charge in [0.1, 0.15) is 0 Å². The standard InChI is InChI=1S/C19H20FN3O4/c20-16-7-6-15(12-18(16)23(25)26)19(24)21-17(14-4-2-1-3-5-14)13-22-8-10-27-11-9-22/h1-7,12,17H,8-11,13H2,(H,21,24)/t17-/m0/s1. The number of hydrogen-bond acceptors (Lipinski definition) is 5. The highest BCUT2D eigenvalue weighted by Gasteiger charge is 2.22. The highest BCUT2D eigenvalue weighted by Crippen LogP contribution is 2.20. The van der Waals surface area contributed by atoms with Gasteiger partial charge in [0, 0.05) is 31.3 Å². The van der Waals surface area contributed by atoms with Gasteiger partial charge in [-0.25, -0.2) is 0 Å². The summed E-state index contributed by atoms with van der Waals surface area (Å²) in [6, 6.07) is 12.3. The van der Waals surface area contributed by atoms with E-state index >= 15 is 0 Å². The van der Waals surface area contributed by atoms with E-state index in [0.717, 1.165) is 30.8 Å². The van der Waals surface area contributed by atoms with Crippen LogP contribution in [0.2, 0.25) is 0 Å². The average Bonchev–Trinajstić information content (AvgIpc) is 2.69. The molecule has 0 aromatic heterocycles. The summed E-state index contributed by atoms with van der Waals surface area (Å²) in [5, 5.41) is 13.8. The number of morpholine rings is 1. The van der Waals surface area contributed by atoms with Gasteiger partial charge in [0.15, 0.2) is 0 Å². The molecule has 0 bridgehead atoms. The predicted molar refractivity (Wildman–Crippen MR) is 97.0 cm³/mol. The molecule has 8 heteroatoms. The summed E-state index contributed by atoms with van der Waals surface area (Å²) in [5.41, 5.74) is 0.257. The zero-order valence-electron chi connectivity index (χ0n) is 14.6. The number of carbonyl (C=O) groups is 1. The fraction of sp³-hybridized carbons (Fsp3) is 0.316. The van der Waals surface area contributed by atoms with E-state index in [-0.39, 0.29) is 11.6 Å². The number of nitro benzene ring substituents is 1. The van der Waals surface area contributed by atoms with Crippen LogP contribution in [0.15, 0.2) is 48.5 Å². The third-order valence-electron chi connectivity index (χ3n) is 4.46. The number of benzene rings is 2. The van der Waals surface area contributed by atoms with Gasteiger partial charge < -0.3 is 10.1 Å². The molecule has 1 N–H and O–H groups in total. The van der Waals surface area contributed by atoms with Crippen LogP contribution in [0.4, 0.5) is 10.1 Å². The van der Waals surface area contributed by atoms with Crippen molar-refractivity contribution in [3.8, 4) is 0 Å². The van der Waals surface area contributed by atoms with Crippen LogP contribution < -0.4 is 5.32 Å². The first-order chi connectivity index (χ1) is 13.0. The molecule has 2 aromatic carbocycles. The minimum atomic E-state index is -0.968. The van der Waals surface area contributed by atoms with E-state index in [4.69, 9.17) is 4.74 Å². The van der Waals surface area contributed by atoms with Crippen molar-refractivity contribution in [3.63, 3.8) is 0 Å². The van der Waals surface area contributed by atoms with Crippen molar-refractivity contribution >= 4 is 11.6 Å². The van der Waals surface area contributed by atoms with E-state index < -0.39 is 22.3 Å². The molecule has 2 aromatic rings. The molecule has 3 rings (SSSR count). The van der Waals surface area contributed by atoms with Gasteiger partial charge in [0.05, 0.1) is 24.2 Å². The lowest BCUT2D eigenvalue weighted by molar-refractivity contribution is -0.387. The van der Waals surface area contributed by atoms with Crippen LogP contribution in [0.5, 0.6) is 0 Å². The van der Waals surface area contributed by atoms with Crippen LogP contribution in [0.25, 0.3) is 0 Å². The molecule has 0 radical (unpaired) electrons. The fourth-order valence-corrected chi connectivity index (χ4v) is 3.00. The number of rotatable bonds is 6. The summed E-state index contributed by atoms with van der Waals surface area (Å²) in [6.45, 7) is 3.39. The van der Waals surface area contributed by atoms with Crippen molar-refractivity contribution < 1.29 is 18.8 Å². The second kappa shape index (κ2) is 8.70. The topological polar surface area (TPSA) is 84.7 Å². The second-order valence-electron chi connectivity index (χ2n) is 6.27. The molecule has 142 valence electrons. The SMILES string of the molecule is O=C(N[C@@H](CN1CCOCC1)c1ccccc1)c1ccc(F)c([N+](=O)[O-])c1. The summed E-state index contributed by atoms with van der Waals surface area (Å²) in [5.74, 6) is -1.45. The largest absolute Gasteiger partial charge is 0.379 e. The number of ether oxygens (including phenoxy) is 1. The Hall–Kier alpha value is -2.84. The van der Waals surface area contributed by atoms with Crippen molar-refractivity contribution in [1.29, 1.82) is 0 Å². The molecule has 0 aliphatic carbocycles. The Balaban J connectivity index is 1.79. The maximum absolute atomic E-state index is 13.5. The molecule has 1 atom stereocenters. The molecule has 1 amide bonds. The molecular weight excluding hydrogens is 353 g/mol. The molecule has 0 spiro atoms. The van der Waals surface area contributed by atoms with E-state index in [1.165, 1.54) is 6.07 Å². The van der Waals surface area contributed by atoms with Gasteiger partial charge in [-0.15, -0.1) is 0 Å². The highest BCUT2D eigenvalue weighted by atomic mass is 19.1. The Labute approximate surface area is 155 Å². The molecule has 1 aliphatic rings. The first kappa shape index (κ1) is 18.9. The summed E-state index contributed by atoms with van der Waals surface area (Å²) < 4.78 is 18.9. The highest BCUT2D eigenvalue weighted by molar-refractivity contribution is 5.95. The zero-order chi connectivity index (χ0) is 19.2. The molecule has 1 heterocycles. The molecule has 1 aliphatic heterocycles. The van der Waals surface area contributed by atoms with Crippen LogP contribution in [0.3, 0.4) is 0 Å². The number of carbonyl (C=O) groups excluding carboxylic acids is 1. The molecule has 1 fully saturated rings. The van der Waals surface area contributed by atoms with Crippen LogP contribution in [0, 0.1) is 15.9 Å². The van der Waals surface area contributed by atoms with Crippen molar-refractivity contribution in [2.24, 2.45) is 0 Å². The van der Waals surface area contributed by atoms with Gasteiger partial charge in [0.25, 0.3) is 5.91 Å².